The number of nitrogens with zero attached hydrogens (tertiary/aromatic N) is 2. The molecular formula is C20H25BrN2O3. The molecule has 1 saturated carbocycles. The van der Waals surface area contributed by atoms with Gasteiger partial charge in [0.15, 0.2) is 0 Å². The van der Waals surface area contributed by atoms with Crippen LogP contribution in [0, 0.1) is 5.92 Å². The Labute approximate surface area is 162 Å². The van der Waals surface area contributed by atoms with Crippen molar-refractivity contribution in [3.8, 4) is 0 Å². The van der Waals surface area contributed by atoms with Gasteiger partial charge in [0.1, 0.15) is 0 Å². The molecule has 4 rings (SSSR count). The normalized spacial score (nSPS) is 29.3. The van der Waals surface area contributed by atoms with Gasteiger partial charge in [0.2, 0.25) is 11.8 Å². The molecule has 2 heterocycles. The minimum absolute atomic E-state index is 0.0258. The summed E-state index contributed by atoms with van der Waals surface area (Å²) in [6, 6.07) is 7.86. The Kier molecular flexibility index (Phi) is 5.06. The average molecular weight is 421 g/mol. The van der Waals surface area contributed by atoms with E-state index in [2.05, 4.69) is 15.9 Å². The molecule has 140 valence electrons. The standard InChI is InChI=1S/C20H25BrN2O3/c21-15-8-6-13(7-9-15)19-16-10-22(11-18(25)23(16)17(19)12-24)20(26)14-4-2-1-3-5-14/h6-9,14,16-17,19,24H,1-5,10-12H2/t16-,17+,19+/m0/s1. The van der Waals surface area contributed by atoms with Gasteiger partial charge in [-0.25, -0.2) is 0 Å². The molecule has 3 atom stereocenters. The van der Waals surface area contributed by atoms with E-state index in [9.17, 15) is 14.7 Å². The molecule has 1 aromatic rings. The molecule has 0 unspecified atom stereocenters. The largest absolute Gasteiger partial charge is 0.394 e. The van der Waals surface area contributed by atoms with Crippen LogP contribution in [0.5, 0.6) is 0 Å². The average Bonchev–Trinajstić information content (AvgIpc) is 2.65. The summed E-state index contributed by atoms with van der Waals surface area (Å²) in [6.45, 7) is 0.702. The van der Waals surface area contributed by atoms with E-state index in [1.54, 1.807) is 9.80 Å². The zero-order valence-electron chi connectivity index (χ0n) is 14.8. The number of benzene rings is 1. The summed E-state index contributed by atoms with van der Waals surface area (Å²) in [5, 5.41) is 9.82. The molecule has 6 heteroatoms. The van der Waals surface area contributed by atoms with E-state index in [1.165, 1.54) is 6.42 Å². The first-order valence-electron chi connectivity index (χ1n) is 9.56. The quantitative estimate of drug-likeness (QED) is 0.816. The molecule has 26 heavy (non-hydrogen) atoms. The van der Waals surface area contributed by atoms with E-state index in [0.717, 1.165) is 35.7 Å². The number of hydrogen-bond donors (Lipinski definition) is 1. The van der Waals surface area contributed by atoms with Crippen LogP contribution < -0.4 is 0 Å². The first kappa shape index (κ1) is 18.0. The fraction of sp³-hybridized carbons (Fsp3) is 0.600. The number of fused-ring (bicyclic) bond motifs is 1. The SMILES string of the molecule is O=C(C1CCCCC1)N1CC(=O)N2[C@H](CO)[C@H](c3ccc(Br)cc3)[C@@H]2C1. The molecule has 0 aromatic heterocycles. The van der Waals surface area contributed by atoms with Gasteiger partial charge in [0.05, 0.1) is 25.2 Å². The topological polar surface area (TPSA) is 60.9 Å². The lowest BCUT2D eigenvalue weighted by atomic mass is 9.73. The Morgan fingerprint density at radius 3 is 2.50 bits per heavy atom. The number of aliphatic hydroxyl groups is 1. The number of carbonyl (C=O) groups excluding carboxylic acids is 2. The van der Waals surface area contributed by atoms with Crippen LogP contribution in [-0.4, -0.2) is 58.5 Å². The molecule has 5 nitrogen and oxygen atoms in total. The number of hydrogen-bond acceptors (Lipinski definition) is 3. The van der Waals surface area contributed by atoms with Crippen molar-refractivity contribution in [3.63, 3.8) is 0 Å². The van der Waals surface area contributed by atoms with Gasteiger partial charge in [-0.05, 0) is 30.5 Å². The van der Waals surface area contributed by atoms with Gasteiger partial charge in [-0.1, -0.05) is 47.3 Å². The van der Waals surface area contributed by atoms with Crippen LogP contribution in [0.4, 0.5) is 0 Å². The fourth-order valence-corrected chi connectivity index (χ4v) is 5.22. The lowest BCUT2D eigenvalue weighted by molar-refractivity contribution is -0.168. The molecule has 2 amide bonds. The number of aliphatic hydroxyl groups excluding tert-OH is 1. The number of carbonyl (C=O) groups is 2. The number of piperazine rings is 1. The van der Waals surface area contributed by atoms with Gasteiger partial charge in [-0.3, -0.25) is 9.59 Å². The van der Waals surface area contributed by atoms with Crippen LogP contribution in [0.25, 0.3) is 0 Å². The predicted molar refractivity (Wildman–Crippen MR) is 102 cm³/mol. The summed E-state index contributed by atoms with van der Waals surface area (Å²) in [6.07, 6.45) is 5.34. The summed E-state index contributed by atoms with van der Waals surface area (Å²) in [5.74, 6) is 0.291. The van der Waals surface area contributed by atoms with Crippen LogP contribution >= 0.6 is 15.9 Å². The summed E-state index contributed by atoms with van der Waals surface area (Å²) >= 11 is 3.45. The van der Waals surface area contributed by atoms with E-state index < -0.39 is 0 Å². The third kappa shape index (κ3) is 3.07. The lowest BCUT2D eigenvalue weighted by Crippen LogP contribution is -2.73. The highest BCUT2D eigenvalue weighted by Crippen LogP contribution is 2.43. The van der Waals surface area contributed by atoms with Gasteiger partial charge in [-0.15, -0.1) is 0 Å². The van der Waals surface area contributed by atoms with Crippen LogP contribution in [-0.2, 0) is 9.59 Å². The first-order valence-corrected chi connectivity index (χ1v) is 10.4. The van der Waals surface area contributed by atoms with Gasteiger partial charge in [-0.2, -0.15) is 0 Å². The second kappa shape index (κ2) is 7.31. The van der Waals surface area contributed by atoms with Crippen molar-refractivity contribution in [2.24, 2.45) is 5.92 Å². The van der Waals surface area contributed by atoms with Crippen LogP contribution in [0.1, 0.15) is 43.6 Å². The van der Waals surface area contributed by atoms with Gasteiger partial charge in [0.25, 0.3) is 0 Å². The number of halogens is 1. The summed E-state index contributed by atoms with van der Waals surface area (Å²) < 4.78 is 1.01. The van der Waals surface area contributed by atoms with Crippen molar-refractivity contribution in [3.05, 3.63) is 34.3 Å². The molecule has 0 radical (unpaired) electrons. The van der Waals surface area contributed by atoms with Gasteiger partial charge >= 0.3 is 0 Å². The van der Waals surface area contributed by atoms with E-state index in [4.69, 9.17) is 0 Å². The summed E-state index contributed by atoms with van der Waals surface area (Å²) in [4.78, 5) is 29.2. The summed E-state index contributed by atoms with van der Waals surface area (Å²) in [5.41, 5.74) is 1.12. The zero-order valence-corrected chi connectivity index (χ0v) is 16.4. The fourth-order valence-electron chi connectivity index (χ4n) is 4.96. The Morgan fingerprint density at radius 2 is 1.85 bits per heavy atom. The highest BCUT2D eigenvalue weighted by Gasteiger charge is 2.54. The second-order valence-corrected chi connectivity index (χ2v) is 8.66. The molecule has 1 aliphatic carbocycles. The van der Waals surface area contributed by atoms with Crippen molar-refractivity contribution in [2.45, 2.75) is 50.1 Å². The maximum Gasteiger partial charge on any atom is 0.242 e. The van der Waals surface area contributed by atoms with Crippen molar-refractivity contribution in [1.82, 2.24) is 9.80 Å². The molecular weight excluding hydrogens is 396 g/mol. The minimum atomic E-state index is -0.180. The third-order valence-electron chi connectivity index (χ3n) is 6.27. The molecule has 0 bridgehead atoms. The highest BCUT2D eigenvalue weighted by molar-refractivity contribution is 9.10. The van der Waals surface area contributed by atoms with E-state index in [-0.39, 0.29) is 48.9 Å². The molecule has 1 aromatic carbocycles. The number of rotatable bonds is 3. The Morgan fingerprint density at radius 1 is 1.15 bits per heavy atom. The van der Waals surface area contributed by atoms with E-state index in [0.29, 0.717) is 6.54 Å². The van der Waals surface area contributed by atoms with Gasteiger partial charge < -0.3 is 14.9 Å². The maximum absolute atomic E-state index is 12.9. The van der Waals surface area contributed by atoms with Crippen LogP contribution in [0.15, 0.2) is 28.7 Å². The third-order valence-corrected chi connectivity index (χ3v) is 6.80. The van der Waals surface area contributed by atoms with Crippen molar-refractivity contribution >= 4 is 27.7 Å². The van der Waals surface area contributed by atoms with E-state index >= 15 is 0 Å². The monoisotopic (exact) mass is 420 g/mol. The molecule has 0 spiro atoms. The van der Waals surface area contributed by atoms with Crippen LogP contribution in [0.3, 0.4) is 0 Å². The highest BCUT2D eigenvalue weighted by atomic mass is 79.9. The van der Waals surface area contributed by atoms with Crippen molar-refractivity contribution in [2.75, 3.05) is 19.7 Å². The zero-order chi connectivity index (χ0) is 18.3. The lowest BCUT2D eigenvalue weighted by Gasteiger charge is -2.59. The Bertz CT molecular complexity index is 687. The number of amides is 2. The maximum atomic E-state index is 12.9. The van der Waals surface area contributed by atoms with Crippen molar-refractivity contribution in [1.29, 1.82) is 0 Å². The molecule has 3 aliphatic rings. The minimum Gasteiger partial charge on any atom is -0.394 e. The summed E-state index contributed by atoms with van der Waals surface area (Å²) in [7, 11) is 0. The van der Waals surface area contributed by atoms with Gasteiger partial charge in [0, 0.05) is 22.9 Å². The van der Waals surface area contributed by atoms with Crippen LogP contribution in [0.2, 0.25) is 0 Å². The second-order valence-electron chi connectivity index (χ2n) is 7.75. The predicted octanol–water partition coefficient (Wildman–Crippen LogP) is 2.53. The van der Waals surface area contributed by atoms with E-state index in [1.807, 2.05) is 24.3 Å². The van der Waals surface area contributed by atoms with Crippen molar-refractivity contribution < 1.29 is 14.7 Å². The molecule has 3 fully saturated rings. The first-order chi connectivity index (χ1) is 12.6. The molecule has 2 aliphatic heterocycles. The Balaban J connectivity index is 1.53. The molecule has 2 saturated heterocycles. The smallest absolute Gasteiger partial charge is 0.242 e. The Hall–Kier alpha value is -1.40. The molecule has 1 N–H and O–H groups in total.